The van der Waals surface area contributed by atoms with E-state index in [1.165, 1.54) is 0 Å². The molecule has 1 aliphatic carbocycles. The normalized spacial score (nSPS) is 22.2. The van der Waals surface area contributed by atoms with Crippen LogP contribution in [0.5, 0.6) is 0 Å². The maximum Gasteiger partial charge on any atom is 0.244 e. The number of allylic oxidation sites excluding steroid dienone is 1. The molecule has 0 spiro atoms. The van der Waals surface area contributed by atoms with Crippen molar-refractivity contribution in [2.45, 2.75) is 37.8 Å². The molecule has 18 heavy (non-hydrogen) atoms. The summed E-state index contributed by atoms with van der Waals surface area (Å²) in [5, 5.41) is 3.04. The first kappa shape index (κ1) is 12.8. The lowest BCUT2D eigenvalue weighted by Gasteiger charge is -2.28. The number of carbonyl (C=O) groups is 1. The molecule has 1 aromatic carbocycles. The van der Waals surface area contributed by atoms with Gasteiger partial charge in [0.05, 0.1) is 0 Å². The third kappa shape index (κ3) is 2.79. The van der Waals surface area contributed by atoms with Crippen LogP contribution < -0.4 is 11.1 Å². The molecule has 3 nitrogen and oxygen atoms in total. The molecule has 1 amide bonds. The standard InChI is InChI=1S/C15H20N2O/c1-15(16,12-8-4-2-5-9-12)14(18)17-13-10-6-3-7-11-13/h2-6,8-9,13H,7,10-11,16H2,1H3,(H,17,18). The monoisotopic (exact) mass is 244 g/mol. The van der Waals surface area contributed by atoms with Gasteiger partial charge < -0.3 is 11.1 Å². The number of carbonyl (C=O) groups excluding carboxylic acids is 1. The largest absolute Gasteiger partial charge is 0.351 e. The van der Waals surface area contributed by atoms with Gasteiger partial charge in [-0.3, -0.25) is 4.79 Å². The minimum absolute atomic E-state index is 0.103. The van der Waals surface area contributed by atoms with E-state index in [1.54, 1.807) is 6.92 Å². The molecule has 0 saturated carbocycles. The van der Waals surface area contributed by atoms with Gasteiger partial charge in [0.2, 0.25) is 5.91 Å². The molecule has 0 heterocycles. The predicted octanol–water partition coefficient (Wildman–Crippen LogP) is 2.09. The average molecular weight is 244 g/mol. The molecule has 0 radical (unpaired) electrons. The van der Waals surface area contributed by atoms with E-state index in [4.69, 9.17) is 5.73 Å². The summed E-state index contributed by atoms with van der Waals surface area (Å²) in [7, 11) is 0. The van der Waals surface area contributed by atoms with Crippen LogP contribution in [0.1, 0.15) is 31.7 Å². The number of amides is 1. The van der Waals surface area contributed by atoms with Gasteiger partial charge in [0.15, 0.2) is 0 Å². The average Bonchev–Trinajstić information content (AvgIpc) is 2.41. The molecule has 3 heteroatoms. The second-order valence-electron chi connectivity index (χ2n) is 5.02. The summed E-state index contributed by atoms with van der Waals surface area (Å²) in [6.07, 6.45) is 7.19. The molecule has 2 atom stereocenters. The first-order chi connectivity index (χ1) is 8.60. The van der Waals surface area contributed by atoms with Crippen LogP contribution in [0.2, 0.25) is 0 Å². The van der Waals surface area contributed by atoms with Gasteiger partial charge in [0.1, 0.15) is 5.54 Å². The van der Waals surface area contributed by atoms with Crippen LogP contribution in [-0.4, -0.2) is 11.9 Å². The van der Waals surface area contributed by atoms with Crippen molar-refractivity contribution in [3.05, 3.63) is 48.0 Å². The Balaban J connectivity index is 2.05. The molecule has 0 saturated heterocycles. The van der Waals surface area contributed by atoms with E-state index in [1.807, 2.05) is 30.3 Å². The molecule has 1 aliphatic rings. The first-order valence-corrected chi connectivity index (χ1v) is 6.41. The highest BCUT2D eigenvalue weighted by Crippen LogP contribution is 2.19. The van der Waals surface area contributed by atoms with Crippen molar-refractivity contribution < 1.29 is 4.79 Å². The van der Waals surface area contributed by atoms with E-state index in [-0.39, 0.29) is 11.9 Å². The molecular weight excluding hydrogens is 224 g/mol. The third-order valence-corrected chi connectivity index (χ3v) is 3.45. The van der Waals surface area contributed by atoms with Crippen LogP contribution in [0, 0.1) is 0 Å². The maximum atomic E-state index is 12.3. The Morgan fingerprint density at radius 3 is 2.67 bits per heavy atom. The van der Waals surface area contributed by atoms with Gasteiger partial charge in [-0.25, -0.2) is 0 Å². The molecule has 2 rings (SSSR count). The van der Waals surface area contributed by atoms with Crippen LogP contribution in [0.15, 0.2) is 42.5 Å². The van der Waals surface area contributed by atoms with Crippen molar-refractivity contribution in [2.24, 2.45) is 5.73 Å². The summed E-state index contributed by atoms with van der Waals surface area (Å²) in [5.41, 5.74) is 6.04. The highest BCUT2D eigenvalue weighted by atomic mass is 16.2. The van der Waals surface area contributed by atoms with Gasteiger partial charge in [0.25, 0.3) is 0 Å². The summed E-state index contributed by atoms with van der Waals surface area (Å²) in [6.45, 7) is 1.76. The number of nitrogens with two attached hydrogens (primary N) is 1. The Morgan fingerprint density at radius 2 is 2.06 bits per heavy atom. The zero-order valence-corrected chi connectivity index (χ0v) is 10.7. The second-order valence-corrected chi connectivity index (χ2v) is 5.02. The zero-order valence-electron chi connectivity index (χ0n) is 10.7. The van der Waals surface area contributed by atoms with E-state index >= 15 is 0 Å². The number of hydrogen-bond donors (Lipinski definition) is 2. The fourth-order valence-electron chi connectivity index (χ4n) is 2.18. The SMILES string of the molecule is CC(N)(C(=O)NC1CC=CCC1)c1ccccc1. The molecular formula is C15H20N2O. The summed E-state index contributed by atoms with van der Waals surface area (Å²) >= 11 is 0. The third-order valence-electron chi connectivity index (χ3n) is 3.45. The number of rotatable bonds is 3. The highest BCUT2D eigenvalue weighted by molar-refractivity contribution is 5.87. The molecule has 2 unspecified atom stereocenters. The molecule has 0 aliphatic heterocycles. The Labute approximate surface area is 108 Å². The van der Waals surface area contributed by atoms with Gasteiger partial charge in [-0.15, -0.1) is 0 Å². The van der Waals surface area contributed by atoms with Crippen LogP contribution in [0.4, 0.5) is 0 Å². The van der Waals surface area contributed by atoms with Crippen LogP contribution in [-0.2, 0) is 10.3 Å². The number of benzene rings is 1. The summed E-state index contributed by atoms with van der Waals surface area (Å²) in [5.74, 6) is -0.103. The Morgan fingerprint density at radius 1 is 1.33 bits per heavy atom. The molecule has 0 bridgehead atoms. The Hall–Kier alpha value is -1.61. The topological polar surface area (TPSA) is 55.1 Å². The van der Waals surface area contributed by atoms with E-state index in [0.717, 1.165) is 24.8 Å². The van der Waals surface area contributed by atoms with Gasteiger partial charge in [0, 0.05) is 6.04 Å². The lowest BCUT2D eigenvalue weighted by Crippen LogP contribution is -2.52. The van der Waals surface area contributed by atoms with Gasteiger partial charge >= 0.3 is 0 Å². The molecule has 3 N–H and O–H groups in total. The maximum absolute atomic E-state index is 12.3. The van der Waals surface area contributed by atoms with E-state index < -0.39 is 5.54 Å². The number of nitrogens with one attached hydrogen (secondary N) is 1. The number of hydrogen-bond acceptors (Lipinski definition) is 2. The fraction of sp³-hybridized carbons (Fsp3) is 0.400. The van der Waals surface area contributed by atoms with Crippen LogP contribution >= 0.6 is 0 Å². The first-order valence-electron chi connectivity index (χ1n) is 6.41. The van der Waals surface area contributed by atoms with Crippen LogP contribution in [0.25, 0.3) is 0 Å². The van der Waals surface area contributed by atoms with Crippen LogP contribution in [0.3, 0.4) is 0 Å². The minimum atomic E-state index is -0.970. The van der Waals surface area contributed by atoms with Crippen molar-refractivity contribution in [2.75, 3.05) is 0 Å². The van der Waals surface area contributed by atoms with E-state index in [9.17, 15) is 4.79 Å². The predicted molar refractivity (Wildman–Crippen MR) is 72.9 cm³/mol. The molecule has 0 aromatic heterocycles. The van der Waals surface area contributed by atoms with Gasteiger partial charge in [-0.05, 0) is 31.7 Å². The lowest BCUT2D eigenvalue weighted by atomic mass is 9.91. The van der Waals surface area contributed by atoms with Crippen molar-refractivity contribution in [3.8, 4) is 0 Å². The van der Waals surface area contributed by atoms with Crippen molar-refractivity contribution in [1.29, 1.82) is 0 Å². The highest BCUT2D eigenvalue weighted by Gasteiger charge is 2.31. The Bertz CT molecular complexity index is 437. The van der Waals surface area contributed by atoms with Crippen molar-refractivity contribution in [1.82, 2.24) is 5.32 Å². The quantitative estimate of drug-likeness (QED) is 0.800. The Kier molecular flexibility index (Phi) is 3.82. The zero-order chi connectivity index (χ0) is 13.0. The van der Waals surface area contributed by atoms with Gasteiger partial charge in [-0.2, -0.15) is 0 Å². The molecule has 0 fully saturated rings. The lowest BCUT2D eigenvalue weighted by molar-refractivity contribution is -0.126. The van der Waals surface area contributed by atoms with E-state index in [2.05, 4.69) is 17.5 Å². The fourth-order valence-corrected chi connectivity index (χ4v) is 2.18. The van der Waals surface area contributed by atoms with Crippen molar-refractivity contribution in [3.63, 3.8) is 0 Å². The summed E-state index contributed by atoms with van der Waals surface area (Å²) in [6, 6.07) is 9.72. The second kappa shape index (κ2) is 5.36. The minimum Gasteiger partial charge on any atom is -0.351 e. The summed E-state index contributed by atoms with van der Waals surface area (Å²) in [4.78, 5) is 12.3. The van der Waals surface area contributed by atoms with Crippen molar-refractivity contribution >= 4 is 5.91 Å². The van der Waals surface area contributed by atoms with Gasteiger partial charge in [-0.1, -0.05) is 42.5 Å². The molecule has 96 valence electrons. The molecule has 1 aromatic rings. The smallest absolute Gasteiger partial charge is 0.244 e. The van der Waals surface area contributed by atoms with E-state index in [0.29, 0.717) is 0 Å². The summed E-state index contributed by atoms with van der Waals surface area (Å²) < 4.78 is 0.